The number of rotatable bonds is 5. The Labute approximate surface area is 139 Å². The summed E-state index contributed by atoms with van der Waals surface area (Å²) in [6, 6.07) is 16.8. The average molecular weight is 309 g/mol. The number of nitrogens with two attached hydrogens (primary N) is 1. The predicted octanol–water partition coefficient (Wildman–Crippen LogP) is 4.11. The van der Waals surface area contributed by atoms with Crippen molar-refractivity contribution in [1.82, 2.24) is 4.90 Å². The van der Waals surface area contributed by atoms with Gasteiger partial charge >= 0.3 is 0 Å². The van der Waals surface area contributed by atoms with Gasteiger partial charge < -0.3 is 11.1 Å². The Morgan fingerprint density at radius 3 is 2.70 bits per heavy atom. The highest BCUT2D eigenvalue weighted by molar-refractivity contribution is 5.47. The minimum Gasteiger partial charge on any atom is -0.399 e. The molecule has 0 aliphatic carbocycles. The molecule has 3 nitrogen and oxygen atoms in total. The van der Waals surface area contributed by atoms with Gasteiger partial charge in [0.1, 0.15) is 0 Å². The van der Waals surface area contributed by atoms with Crippen LogP contribution in [0.15, 0.2) is 48.5 Å². The van der Waals surface area contributed by atoms with Crippen LogP contribution in [0.4, 0.5) is 11.4 Å². The van der Waals surface area contributed by atoms with Crippen LogP contribution in [0.5, 0.6) is 0 Å². The summed E-state index contributed by atoms with van der Waals surface area (Å²) < 4.78 is 0. The van der Waals surface area contributed by atoms with E-state index in [4.69, 9.17) is 5.73 Å². The first-order valence-electron chi connectivity index (χ1n) is 8.58. The third kappa shape index (κ3) is 4.73. The Balaban J connectivity index is 1.52. The van der Waals surface area contributed by atoms with Crippen LogP contribution >= 0.6 is 0 Å². The van der Waals surface area contributed by atoms with Crippen LogP contribution in [0.2, 0.25) is 0 Å². The lowest BCUT2D eigenvalue weighted by Gasteiger charge is -2.30. The summed E-state index contributed by atoms with van der Waals surface area (Å²) in [5.74, 6) is 0.836. The van der Waals surface area contributed by atoms with Gasteiger partial charge in [0.2, 0.25) is 0 Å². The lowest BCUT2D eigenvalue weighted by Crippen LogP contribution is -2.33. The maximum Gasteiger partial charge on any atom is 0.0401 e. The number of nitrogen functional groups attached to an aromatic ring is 1. The number of nitrogens with zero attached hydrogens (tertiary/aromatic N) is 1. The fraction of sp³-hybridized carbons (Fsp3) is 0.400. The number of likely N-dealkylation sites (tertiary alicyclic amines) is 1. The summed E-state index contributed by atoms with van der Waals surface area (Å²) in [4.78, 5) is 2.57. The number of hydrogen-bond acceptors (Lipinski definition) is 3. The van der Waals surface area contributed by atoms with Crippen molar-refractivity contribution in [1.29, 1.82) is 0 Å². The van der Waals surface area contributed by atoms with Crippen LogP contribution in [-0.2, 0) is 13.1 Å². The zero-order valence-electron chi connectivity index (χ0n) is 14.0. The van der Waals surface area contributed by atoms with Gasteiger partial charge in [-0.15, -0.1) is 0 Å². The molecule has 3 N–H and O–H groups in total. The highest BCUT2D eigenvalue weighted by atomic mass is 15.1. The fourth-order valence-electron chi connectivity index (χ4n) is 3.32. The summed E-state index contributed by atoms with van der Waals surface area (Å²) in [6.45, 7) is 6.69. The minimum absolute atomic E-state index is 0.800. The minimum atomic E-state index is 0.800. The molecule has 1 heterocycles. The summed E-state index contributed by atoms with van der Waals surface area (Å²) >= 11 is 0. The monoisotopic (exact) mass is 309 g/mol. The first-order valence-corrected chi connectivity index (χ1v) is 8.58. The van der Waals surface area contributed by atoms with Crippen LogP contribution in [0.25, 0.3) is 0 Å². The molecule has 1 fully saturated rings. The second kappa shape index (κ2) is 7.51. The van der Waals surface area contributed by atoms with Crippen molar-refractivity contribution in [2.75, 3.05) is 24.1 Å². The SMILES string of the molecule is CC1CCCN(Cc2ccc(NCc3cccc(N)c3)cc2)C1. The molecule has 0 aromatic heterocycles. The van der Waals surface area contributed by atoms with E-state index in [0.29, 0.717) is 0 Å². The topological polar surface area (TPSA) is 41.3 Å². The quantitative estimate of drug-likeness (QED) is 0.817. The van der Waals surface area contributed by atoms with Crippen molar-refractivity contribution >= 4 is 11.4 Å². The van der Waals surface area contributed by atoms with E-state index in [1.807, 2.05) is 18.2 Å². The second-order valence-electron chi connectivity index (χ2n) is 6.78. The third-order valence-electron chi connectivity index (χ3n) is 4.55. The Kier molecular flexibility index (Phi) is 5.19. The Morgan fingerprint density at radius 2 is 1.96 bits per heavy atom. The van der Waals surface area contributed by atoms with Crippen molar-refractivity contribution in [3.05, 3.63) is 59.7 Å². The summed E-state index contributed by atoms with van der Waals surface area (Å²) in [6.07, 6.45) is 2.71. The molecule has 0 saturated carbocycles. The van der Waals surface area contributed by atoms with E-state index >= 15 is 0 Å². The van der Waals surface area contributed by atoms with Crippen LogP contribution in [0.3, 0.4) is 0 Å². The highest BCUT2D eigenvalue weighted by Crippen LogP contribution is 2.19. The van der Waals surface area contributed by atoms with Gasteiger partial charge in [0.05, 0.1) is 0 Å². The van der Waals surface area contributed by atoms with E-state index in [0.717, 1.165) is 30.4 Å². The largest absolute Gasteiger partial charge is 0.399 e. The van der Waals surface area contributed by atoms with E-state index in [1.165, 1.54) is 37.1 Å². The normalized spacial score (nSPS) is 18.7. The Morgan fingerprint density at radius 1 is 1.13 bits per heavy atom. The summed E-state index contributed by atoms with van der Waals surface area (Å²) in [7, 11) is 0. The van der Waals surface area contributed by atoms with Gasteiger partial charge in [-0.3, -0.25) is 4.90 Å². The molecule has 2 aromatic rings. The molecule has 23 heavy (non-hydrogen) atoms. The smallest absolute Gasteiger partial charge is 0.0401 e. The number of benzene rings is 2. The molecule has 1 atom stereocenters. The van der Waals surface area contributed by atoms with Crippen LogP contribution in [0, 0.1) is 5.92 Å². The van der Waals surface area contributed by atoms with Gasteiger partial charge in [-0.25, -0.2) is 0 Å². The maximum absolute atomic E-state index is 5.81. The Bertz CT molecular complexity index is 621. The zero-order chi connectivity index (χ0) is 16.1. The molecular formula is C20H27N3. The van der Waals surface area contributed by atoms with Crippen LogP contribution in [0.1, 0.15) is 30.9 Å². The van der Waals surface area contributed by atoms with E-state index in [1.54, 1.807) is 0 Å². The molecule has 0 bridgehead atoms. The van der Waals surface area contributed by atoms with Gasteiger partial charge in [-0.2, -0.15) is 0 Å². The van der Waals surface area contributed by atoms with Gasteiger partial charge in [0, 0.05) is 31.0 Å². The van der Waals surface area contributed by atoms with E-state index in [2.05, 4.69) is 47.5 Å². The summed E-state index contributed by atoms with van der Waals surface area (Å²) in [5.41, 5.74) is 10.4. The average Bonchev–Trinajstić information content (AvgIpc) is 2.54. The molecule has 0 amide bonds. The molecule has 1 aliphatic rings. The number of piperidine rings is 1. The first kappa shape index (κ1) is 15.9. The molecule has 0 spiro atoms. The molecule has 122 valence electrons. The molecule has 1 saturated heterocycles. The molecule has 1 unspecified atom stereocenters. The van der Waals surface area contributed by atoms with Crippen molar-refractivity contribution in [3.8, 4) is 0 Å². The number of nitrogens with one attached hydrogen (secondary N) is 1. The van der Waals surface area contributed by atoms with Gasteiger partial charge in [-0.05, 0) is 60.7 Å². The highest BCUT2D eigenvalue weighted by Gasteiger charge is 2.15. The second-order valence-corrected chi connectivity index (χ2v) is 6.78. The Hall–Kier alpha value is -2.00. The van der Waals surface area contributed by atoms with Gasteiger partial charge in [-0.1, -0.05) is 31.2 Å². The standard InChI is InChI=1S/C20H27N3/c1-16-4-3-11-23(14-16)15-17-7-9-20(10-8-17)22-13-18-5-2-6-19(21)12-18/h2,5-10,12,16,22H,3-4,11,13-15,21H2,1H3. The lowest BCUT2D eigenvalue weighted by molar-refractivity contribution is 0.176. The van der Waals surface area contributed by atoms with E-state index in [9.17, 15) is 0 Å². The first-order chi connectivity index (χ1) is 11.2. The summed E-state index contributed by atoms with van der Waals surface area (Å²) in [5, 5.41) is 3.46. The molecular weight excluding hydrogens is 282 g/mol. The molecule has 1 aliphatic heterocycles. The van der Waals surface area contributed by atoms with Crippen LogP contribution in [-0.4, -0.2) is 18.0 Å². The maximum atomic E-state index is 5.81. The number of anilines is 2. The van der Waals surface area contributed by atoms with Gasteiger partial charge in [0.25, 0.3) is 0 Å². The lowest BCUT2D eigenvalue weighted by atomic mass is 10.00. The molecule has 3 heteroatoms. The molecule has 3 rings (SSSR count). The fourth-order valence-corrected chi connectivity index (χ4v) is 3.32. The predicted molar refractivity (Wildman–Crippen MR) is 98.3 cm³/mol. The van der Waals surface area contributed by atoms with Gasteiger partial charge in [0.15, 0.2) is 0 Å². The van der Waals surface area contributed by atoms with Crippen molar-refractivity contribution < 1.29 is 0 Å². The third-order valence-corrected chi connectivity index (χ3v) is 4.55. The zero-order valence-corrected chi connectivity index (χ0v) is 14.0. The van der Waals surface area contributed by atoms with Crippen molar-refractivity contribution in [2.24, 2.45) is 5.92 Å². The molecule has 0 radical (unpaired) electrons. The van der Waals surface area contributed by atoms with E-state index < -0.39 is 0 Å². The van der Waals surface area contributed by atoms with Crippen molar-refractivity contribution in [3.63, 3.8) is 0 Å². The molecule has 2 aromatic carbocycles. The van der Waals surface area contributed by atoms with Crippen molar-refractivity contribution in [2.45, 2.75) is 32.9 Å². The van der Waals surface area contributed by atoms with E-state index in [-0.39, 0.29) is 0 Å². The number of hydrogen-bond donors (Lipinski definition) is 2. The van der Waals surface area contributed by atoms with Crippen LogP contribution < -0.4 is 11.1 Å².